The zero-order chi connectivity index (χ0) is 17.6. The first-order valence-corrected chi connectivity index (χ1v) is 8.07. The van der Waals surface area contributed by atoms with Crippen LogP contribution in [0, 0.1) is 41.7 Å². The molecular formula is C17H20N2O5. The lowest BCUT2D eigenvalue weighted by molar-refractivity contribution is -0.385. The van der Waals surface area contributed by atoms with Gasteiger partial charge >= 0.3 is 5.97 Å². The molecule has 1 saturated carbocycles. The summed E-state index contributed by atoms with van der Waals surface area (Å²) in [6, 6.07) is 2.95. The van der Waals surface area contributed by atoms with E-state index in [0.717, 1.165) is 12.8 Å². The van der Waals surface area contributed by atoms with Crippen molar-refractivity contribution in [1.82, 2.24) is 4.90 Å². The molecule has 1 saturated heterocycles. The van der Waals surface area contributed by atoms with E-state index in [1.165, 1.54) is 6.07 Å². The second kappa shape index (κ2) is 5.89. The number of nitro groups is 1. The Labute approximate surface area is 139 Å². The number of aliphatic carboxylic acids is 1. The number of hydrogen-bond acceptors (Lipinski definition) is 4. The van der Waals surface area contributed by atoms with Crippen molar-refractivity contribution in [1.29, 1.82) is 0 Å². The van der Waals surface area contributed by atoms with Crippen LogP contribution in [-0.2, 0) is 4.79 Å². The molecule has 0 unspecified atom stereocenters. The van der Waals surface area contributed by atoms with Crippen LogP contribution in [0.4, 0.5) is 5.69 Å². The van der Waals surface area contributed by atoms with Crippen LogP contribution >= 0.6 is 0 Å². The molecule has 0 radical (unpaired) electrons. The molecule has 24 heavy (non-hydrogen) atoms. The predicted molar refractivity (Wildman–Crippen MR) is 85.8 cm³/mol. The van der Waals surface area contributed by atoms with Gasteiger partial charge in [-0.25, -0.2) is 0 Å². The van der Waals surface area contributed by atoms with Gasteiger partial charge in [0.05, 0.1) is 10.8 Å². The molecule has 7 nitrogen and oxygen atoms in total. The smallest absolute Gasteiger partial charge is 0.308 e. The molecule has 7 heteroatoms. The highest BCUT2D eigenvalue weighted by molar-refractivity contribution is 5.97. The van der Waals surface area contributed by atoms with Gasteiger partial charge in [0.15, 0.2) is 0 Å². The molecule has 128 valence electrons. The Morgan fingerprint density at radius 1 is 1.21 bits per heavy atom. The van der Waals surface area contributed by atoms with E-state index in [9.17, 15) is 24.8 Å². The van der Waals surface area contributed by atoms with Crippen LogP contribution in [0.25, 0.3) is 0 Å². The van der Waals surface area contributed by atoms with E-state index in [1.807, 2.05) is 0 Å². The summed E-state index contributed by atoms with van der Waals surface area (Å²) in [4.78, 5) is 36.5. The molecule has 1 N–H and O–H groups in total. The van der Waals surface area contributed by atoms with Crippen LogP contribution in [0.3, 0.4) is 0 Å². The van der Waals surface area contributed by atoms with Gasteiger partial charge in [0.2, 0.25) is 0 Å². The SMILES string of the molecule is Cc1cc(C)c([N+](=O)[O-])cc1C(=O)N1C[C@H](C(=O)O)[C@@H](C2CC2)C1. The average Bonchev–Trinajstić information content (AvgIpc) is 3.24. The number of amides is 1. The number of aryl methyl sites for hydroxylation is 2. The molecule has 1 aliphatic carbocycles. The van der Waals surface area contributed by atoms with Crippen molar-refractivity contribution >= 4 is 17.6 Å². The van der Waals surface area contributed by atoms with Gasteiger partial charge in [0, 0.05) is 30.3 Å². The molecule has 1 aliphatic heterocycles. The summed E-state index contributed by atoms with van der Waals surface area (Å²) in [6.07, 6.45) is 2.04. The summed E-state index contributed by atoms with van der Waals surface area (Å²) in [5.74, 6) is -1.34. The van der Waals surface area contributed by atoms with E-state index in [0.29, 0.717) is 23.6 Å². The van der Waals surface area contributed by atoms with E-state index in [1.54, 1.807) is 24.8 Å². The maximum Gasteiger partial charge on any atom is 0.308 e. The van der Waals surface area contributed by atoms with Gasteiger partial charge in [-0.3, -0.25) is 19.7 Å². The molecule has 2 fully saturated rings. The van der Waals surface area contributed by atoms with Gasteiger partial charge in [-0.15, -0.1) is 0 Å². The first-order chi connectivity index (χ1) is 11.3. The third-order valence-electron chi connectivity index (χ3n) is 5.17. The topological polar surface area (TPSA) is 101 Å². The van der Waals surface area contributed by atoms with Crippen molar-refractivity contribution in [2.24, 2.45) is 17.8 Å². The molecular weight excluding hydrogens is 312 g/mol. The fourth-order valence-electron chi connectivity index (χ4n) is 3.70. The number of hydrogen-bond donors (Lipinski definition) is 1. The minimum atomic E-state index is -0.867. The Morgan fingerprint density at radius 2 is 1.88 bits per heavy atom. The van der Waals surface area contributed by atoms with Crippen molar-refractivity contribution in [2.45, 2.75) is 26.7 Å². The van der Waals surface area contributed by atoms with Gasteiger partial charge in [0.1, 0.15) is 0 Å². The van der Waals surface area contributed by atoms with Crippen LogP contribution < -0.4 is 0 Å². The number of rotatable bonds is 4. The number of carbonyl (C=O) groups is 2. The van der Waals surface area contributed by atoms with E-state index in [4.69, 9.17) is 0 Å². The van der Waals surface area contributed by atoms with Crippen molar-refractivity contribution in [3.05, 3.63) is 38.9 Å². The molecule has 2 atom stereocenters. The monoisotopic (exact) mass is 332 g/mol. The molecule has 2 aliphatic rings. The number of nitrogens with zero attached hydrogens (tertiary/aromatic N) is 2. The minimum Gasteiger partial charge on any atom is -0.481 e. The number of nitro benzene ring substituents is 1. The van der Waals surface area contributed by atoms with Crippen LogP contribution in [-0.4, -0.2) is 39.9 Å². The first-order valence-electron chi connectivity index (χ1n) is 8.07. The van der Waals surface area contributed by atoms with Crippen molar-refractivity contribution in [3.63, 3.8) is 0 Å². The Kier molecular flexibility index (Phi) is 4.03. The number of carbonyl (C=O) groups excluding carboxylic acids is 1. The number of benzene rings is 1. The zero-order valence-electron chi connectivity index (χ0n) is 13.7. The van der Waals surface area contributed by atoms with Gasteiger partial charge in [-0.1, -0.05) is 0 Å². The maximum atomic E-state index is 12.8. The van der Waals surface area contributed by atoms with Crippen LogP contribution in [0.5, 0.6) is 0 Å². The summed E-state index contributed by atoms with van der Waals surface area (Å²) in [7, 11) is 0. The highest BCUT2D eigenvalue weighted by Crippen LogP contribution is 2.44. The van der Waals surface area contributed by atoms with E-state index >= 15 is 0 Å². The average molecular weight is 332 g/mol. The fourth-order valence-corrected chi connectivity index (χ4v) is 3.70. The van der Waals surface area contributed by atoms with Crippen LogP contribution in [0.1, 0.15) is 34.3 Å². The molecule has 1 aromatic rings. The number of carboxylic acid groups (broad SMARTS) is 1. The second-order valence-electron chi connectivity index (χ2n) is 6.87. The Morgan fingerprint density at radius 3 is 2.42 bits per heavy atom. The number of likely N-dealkylation sites (tertiary alicyclic amines) is 1. The molecule has 1 heterocycles. The van der Waals surface area contributed by atoms with Crippen LogP contribution in [0.2, 0.25) is 0 Å². The lowest BCUT2D eigenvalue weighted by Gasteiger charge is -2.18. The van der Waals surface area contributed by atoms with Gasteiger partial charge in [-0.05, 0) is 50.2 Å². The molecule has 1 amide bonds. The largest absolute Gasteiger partial charge is 0.481 e. The predicted octanol–water partition coefficient (Wildman–Crippen LogP) is 2.39. The normalized spacial score (nSPS) is 23.3. The third kappa shape index (κ3) is 2.86. The summed E-state index contributed by atoms with van der Waals surface area (Å²) in [5, 5.41) is 20.5. The van der Waals surface area contributed by atoms with E-state index in [-0.39, 0.29) is 29.6 Å². The summed E-state index contributed by atoms with van der Waals surface area (Å²) in [6.45, 7) is 3.98. The minimum absolute atomic E-state index is 0.00723. The van der Waals surface area contributed by atoms with E-state index in [2.05, 4.69) is 0 Å². The quantitative estimate of drug-likeness (QED) is 0.674. The van der Waals surface area contributed by atoms with Gasteiger partial charge in [-0.2, -0.15) is 0 Å². The standard InChI is InChI=1S/C17H20N2O5/c1-9-5-10(2)15(19(23)24)6-12(9)16(20)18-7-13(11-3-4-11)14(8-18)17(21)22/h5-6,11,13-14H,3-4,7-8H2,1-2H3,(H,21,22)/t13-,14+/m1/s1. The van der Waals surface area contributed by atoms with Crippen LogP contribution in [0.15, 0.2) is 12.1 Å². The van der Waals surface area contributed by atoms with Crippen molar-refractivity contribution in [3.8, 4) is 0 Å². The molecule has 0 aromatic heterocycles. The second-order valence-corrected chi connectivity index (χ2v) is 6.87. The summed E-state index contributed by atoms with van der Waals surface area (Å²) < 4.78 is 0. The van der Waals surface area contributed by atoms with Crippen molar-refractivity contribution in [2.75, 3.05) is 13.1 Å². The van der Waals surface area contributed by atoms with Gasteiger partial charge < -0.3 is 10.0 Å². The molecule has 1 aromatic carbocycles. The summed E-state index contributed by atoms with van der Waals surface area (Å²) in [5.41, 5.74) is 1.38. The lowest BCUT2D eigenvalue weighted by atomic mass is 9.92. The Bertz CT molecular complexity index is 726. The Balaban J connectivity index is 1.88. The summed E-state index contributed by atoms with van der Waals surface area (Å²) >= 11 is 0. The molecule has 0 spiro atoms. The van der Waals surface area contributed by atoms with Crippen molar-refractivity contribution < 1.29 is 19.6 Å². The number of carboxylic acids is 1. The lowest BCUT2D eigenvalue weighted by Crippen LogP contribution is -2.30. The molecule has 0 bridgehead atoms. The highest BCUT2D eigenvalue weighted by atomic mass is 16.6. The molecule has 3 rings (SSSR count). The van der Waals surface area contributed by atoms with E-state index < -0.39 is 16.8 Å². The zero-order valence-corrected chi connectivity index (χ0v) is 13.7. The Hall–Kier alpha value is -2.44. The first kappa shape index (κ1) is 16.4. The third-order valence-corrected chi connectivity index (χ3v) is 5.17. The highest BCUT2D eigenvalue weighted by Gasteiger charge is 2.47. The maximum absolute atomic E-state index is 12.8. The fraction of sp³-hybridized carbons (Fsp3) is 0.529. The van der Waals surface area contributed by atoms with Gasteiger partial charge in [0.25, 0.3) is 11.6 Å².